The van der Waals surface area contributed by atoms with Crippen molar-refractivity contribution in [1.29, 1.82) is 0 Å². The van der Waals surface area contributed by atoms with Gasteiger partial charge in [0.1, 0.15) is 6.61 Å². The lowest BCUT2D eigenvalue weighted by Crippen LogP contribution is -2.26. The Labute approximate surface area is 158 Å². The second-order valence-electron chi connectivity index (χ2n) is 6.80. The smallest absolute Gasteiger partial charge is 0.347 e. The highest BCUT2D eigenvalue weighted by Gasteiger charge is 2.19. The summed E-state index contributed by atoms with van der Waals surface area (Å²) in [5, 5.41) is 0. The Morgan fingerprint density at radius 2 is 1.46 bits per heavy atom. The number of esters is 2. The van der Waals surface area contributed by atoms with Crippen LogP contribution >= 0.6 is 0 Å². The minimum absolute atomic E-state index is 0.194. The molecule has 0 aliphatic rings. The molecule has 1 aromatic rings. The molecule has 0 amide bonds. The van der Waals surface area contributed by atoms with Crippen LogP contribution in [0.1, 0.15) is 83.6 Å². The summed E-state index contributed by atoms with van der Waals surface area (Å²) >= 11 is 0. The molecule has 1 atom stereocenters. The fraction of sp³-hybridized carbons (Fsp3) is 0.636. The van der Waals surface area contributed by atoms with Crippen molar-refractivity contribution < 1.29 is 19.1 Å². The van der Waals surface area contributed by atoms with E-state index in [0.717, 1.165) is 24.8 Å². The van der Waals surface area contributed by atoms with E-state index in [2.05, 4.69) is 6.92 Å². The number of hydrogen-bond donors (Lipinski definition) is 0. The lowest BCUT2D eigenvalue weighted by Gasteiger charge is -2.13. The molecule has 0 aliphatic heterocycles. The lowest BCUT2D eigenvalue weighted by molar-refractivity contribution is -0.167. The van der Waals surface area contributed by atoms with Crippen LogP contribution in [-0.2, 0) is 25.7 Å². The van der Waals surface area contributed by atoms with Gasteiger partial charge in [0.25, 0.3) is 0 Å². The highest BCUT2D eigenvalue weighted by Crippen LogP contribution is 2.11. The van der Waals surface area contributed by atoms with Gasteiger partial charge in [0.15, 0.2) is 6.10 Å². The van der Waals surface area contributed by atoms with E-state index in [1.807, 2.05) is 30.3 Å². The molecule has 0 bridgehead atoms. The third kappa shape index (κ3) is 10.9. The first-order valence-electron chi connectivity index (χ1n) is 10.0. The molecule has 4 heteroatoms. The molecule has 0 aliphatic carbocycles. The second-order valence-corrected chi connectivity index (χ2v) is 6.80. The minimum Gasteiger partial charge on any atom is -0.458 e. The van der Waals surface area contributed by atoms with Crippen molar-refractivity contribution in [2.24, 2.45) is 0 Å². The van der Waals surface area contributed by atoms with Gasteiger partial charge in [-0.2, -0.15) is 0 Å². The number of carbonyl (C=O) groups is 2. The Hall–Kier alpha value is -1.84. The summed E-state index contributed by atoms with van der Waals surface area (Å²) in [7, 11) is 0. The van der Waals surface area contributed by atoms with Gasteiger partial charge >= 0.3 is 11.9 Å². The molecule has 1 rings (SSSR count). The predicted octanol–water partition coefficient (Wildman–Crippen LogP) is 5.58. The van der Waals surface area contributed by atoms with Gasteiger partial charge in [-0.1, -0.05) is 88.6 Å². The Bertz CT molecular complexity index is 498. The Balaban J connectivity index is 2.04. The lowest BCUT2D eigenvalue weighted by atomic mass is 10.1. The molecule has 1 aromatic carbocycles. The van der Waals surface area contributed by atoms with E-state index >= 15 is 0 Å². The predicted molar refractivity (Wildman–Crippen MR) is 104 cm³/mol. The summed E-state index contributed by atoms with van der Waals surface area (Å²) in [5.74, 6) is -0.827. The standard InChI is InChI=1S/C22H34O4/c1-3-4-5-6-7-8-9-10-14-17-21(23)26-19(2)22(24)25-18-20-15-12-11-13-16-20/h11-13,15-16,19H,3-10,14,17-18H2,1-2H3. The van der Waals surface area contributed by atoms with E-state index in [4.69, 9.17) is 9.47 Å². The van der Waals surface area contributed by atoms with Crippen molar-refractivity contribution >= 4 is 11.9 Å². The van der Waals surface area contributed by atoms with Gasteiger partial charge in [-0.05, 0) is 18.9 Å². The van der Waals surface area contributed by atoms with Crippen LogP contribution in [0.15, 0.2) is 30.3 Å². The average molecular weight is 363 g/mol. The molecular formula is C22H34O4. The van der Waals surface area contributed by atoms with Gasteiger partial charge in [-0.25, -0.2) is 4.79 Å². The van der Waals surface area contributed by atoms with Gasteiger partial charge in [0, 0.05) is 6.42 Å². The summed E-state index contributed by atoms with van der Waals surface area (Å²) in [6, 6.07) is 9.44. The van der Waals surface area contributed by atoms with Crippen LogP contribution in [0.4, 0.5) is 0 Å². The number of benzene rings is 1. The molecule has 146 valence electrons. The fourth-order valence-corrected chi connectivity index (χ4v) is 2.73. The minimum atomic E-state index is -0.857. The molecule has 0 radical (unpaired) electrons. The summed E-state index contributed by atoms with van der Waals surface area (Å²) in [6.45, 7) is 3.98. The highest BCUT2D eigenvalue weighted by molar-refractivity contribution is 5.78. The largest absolute Gasteiger partial charge is 0.458 e. The molecule has 0 heterocycles. The highest BCUT2D eigenvalue weighted by atomic mass is 16.6. The van der Waals surface area contributed by atoms with Crippen LogP contribution in [0.2, 0.25) is 0 Å². The molecule has 0 saturated heterocycles. The third-order valence-corrected chi connectivity index (χ3v) is 4.35. The first-order chi connectivity index (χ1) is 12.6. The van der Waals surface area contributed by atoms with Crippen molar-refractivity contribution in [3.05, 3.63) is 35.9 Å². The topological polar surface area (TPSA) is 52.6 Å². The number of ether oxygens (including phenoxy) is 2. The molecule has 0 saturated carbocycles. The summed E-state index contributed by atoms with van der Waals surface area (Å²) < 4.78 is 10.3. The first-order valence-corrected chi connectivity index (χ1v) is 10.0. The SMILES string of the molecule is CCCCCCCCCCCC(=O)OC(C)C(=O)OCc1ccccc1. The zero-order valence-electron chi connectivity index (χ0n) is 16.4. The van der Waals surface area contributed by atoms with Gasteiger partial charge in [-0.15, -0.1) is 0 Å². The van der Waals surface area contributed by atoms with E-state index in [-0.39, 0.29) is 12.6 Å². The van der Waals surface area contributed by atoms with Crippen molar-refractivity contribution in [2.75, 3.05) is 0 Å². The molecule has 0 aromatic heterocycles. The molecule has 0 fully saturated rings. The number of carbonyl (C=O) groups excluding carboxylic acids is 2. The van der Waals surface area contributed by atoms with Gasteiger partial charge < -0.3 is 9.47 Å². The van der Waals surface area contributed by atoms with Gasteiger partial charge in [0.05, 0.1) is 0 Å². The van der Waals surface area contributed by atoms with Crippen LogP contribution in [-0.4, -0.2) is 18.0 Å². The quantitative estimate of drug-likeness (QED) is 0.320. The van der Waals surface area contributed by atoms with Crippen LogP contribution in [0, 0.1) is 0 Å². The second kappa shape index (κ2) is 14.3. The Morgan fingerprint density at radius 3 is 2.08 bits per heavy atom. The van der Waals surface area contributed by atoms with Crippen molar-refractivity contribution in [3.63, 3.8) is 0 Å². The first kappa shape index (κ1) is 22.2. The van der Waals surface area contributed by atoms with Crippen LogP contribution in [0.25, 0.3) is 0 Å². The maximum absolute atomic E-state index is 11.9. The normalized spacial score (nSPS) is 11.8. The van der Waals surface area contributed by atoms with Crippen molar-refractivity contribution in [1.82, 2.24) is 0 Å². The molecular weight excluding hydrogens is 328 g/mol. The van der Waals surface area contributed by atoms with E-state index in [1.54, 1.807) is 6.92 Å². The molecule has 1 unspecified atom stereocenters. The zero-order valence-corrected chi connectivity index (χ0v) is 16.4. The summed E-state index contributed by atoms with van der Waals surface area (Å²) in [5.41, 5.74) is 0.911. The van der Waals surface area contributed by atoms with E-state index < -0.39 is 12.1 Å². The summed E-state index contributed by atoms with van der Waals surface area (Å²) in [6.07, 6.45) is 10.3. The van der Waals surface area contributed by atoms with Crippen LogP contribution < -0.4 is 0 Å². The molecule has 0 spiro atoms. The van der Waals surface area contributed by atoms with Crippen LogP contribution in [0.3, 0.4) is 0 Å². The van der Waals surface area contributed by atoms with E-state index in [0.29, 0.717) is 6.42 Å². The fourth-order valence-electron chi connectivity index (χ4n) is 2.73. The molecule has 26 heavy (non-hydrogen) atoms. The van der Waals surface area contributed by atoms with Crippen LogP contribution in [0.5, 0.6) is 0 Å². The Kier molecular flexibility index (Phi) is 12.2. The Morgan fingerprint density at radius 1 is 0.885 bits per heavy atom. The van der Waals surface area contributed by atoms with Gasteiger partial charge in [-0.3, -0.25) is 4.79 Å². The zero-order chi connectivity index (χ0) is 19.0. The summed E-state index contributed by atoms with van der Waals surface area (Å²) in [4.78, 5) is 23.7. The monoisotopic (exact) mass is 362 g/mol. The maximum Gasteiger partial charge on any atom is 0.347 e. The van der Waals surface area contributed by atoms with Crippen molar-refractivity contribution in [3.8, 4) is 0 Å². The molecule has 4 nitrogen and oxygen atoms in total. The van der Waals surface area contributed by atoms with Crippen molar-refractivity contribution in [2.45, 2.75) is 90.8 Å². The van der Waals surface area contributed by atoms with Gasteiger partial charge in [0.2, 0.25) is 0 Å². The third-order valence-electron chi connectivity index (χ3n) is 4.35. The maximum atomic E-state index is 11.9. The molecule has 0 N–H and O–H groups in total. The number of unbranched alkanes of at least 4 members (excludes halogenated alkanes) is 8. The van der Waals surface area contributed by atoms with E-state index in [9.17, 15) is 9.59 Å². The average Bonchev–Trinajstić information content (AvgIpc) is 2.65. The van der Waals surface area contributed by atoms with E-state index in [1.165, 1.54) is 38.5 Å². The number of hydrogen-bond acceptors (Lipinski definition) is 4. The number of rotatable bonds is 14.